The Balaban J connectivity index is 1.53. The van der Waals surface area contributed by atoms with E-state index in [4.69, 9.17) is 31.9 Å². The maximum atomic E-state index is 13.0. The van der Waals surface area contributed by atoms with Gasteiger partial charge in [-0.1, -0.05) is 73.6 Å². The quantitative estimate of drug-likeness (QED) is 0.114. The molecule has 1 N–H and O–H groups in total. The molecule has 13 nitrogen and oxygen atoms in total. The highest BCUT2D eigenvalue weighted by Crippen LogP contribution is 2.49. The van der Waals surface area contributed by atoms with Crippen molar-refractivity contribution >= 4 is 40.0 Å². The van der Waals surface area contributed by atoms with Crippen LogP contribution in [0.2, 0.25) is 22.2 Å². The molecule has 2 fully saturated rings. The lowest BCUT2D eigenvalue weighted by Crippen LogP contribution is -2.66. The maximum absolute atomic E-state index is 13.0. The second kappa shape index (κ2) is 16.2. The van der Waals surface area contributed by atoms with Gasteiger partial charge in [-0.25, -0.2) is 15.0 Å². The molecule has 0 saturated carbocycles. The van der Waals surface area contributed by atoms with E-state index in [0.29, 0.717) is 42.4 Å². The summed E-state index contributed by atoms with van der Waals surface area (Å²) < 4.78 is 48.3. The second-order valence-corrected chi connectivity index (χ2v) is 22.7. The van der Waals surface area contributed by atoms with Gasteiger partial charge in [-0.3, -0.25) is 9.36 Å². The van der Waals surface area contributed by atoms with E-state index in [2.05, 4.69) is 75.7 Å². The van der Waals surface area contributed by atoms with Crippen LogP contribution in [0.25, 0.3) is 11.2 Å². The summed E-state index contributed by atoms with van der Waals surface area (Å²) in [5, 5.41) is 2.89. The van der Waals surface area contributed by atoms with Crippen LogP contribution in [0.3, 0.4) is 0 Å². The maximum Gasteiger partial charge on any atom is 0.335 e. The van der Waals surface area contributed by atoms with E-state index in [1.54, 1.807) is 18.5 Å². The van der Waals surface area contributed by atoms with Crippen LogP contribution in [0.1, 0.15) is 78.9 Å². The average molecular weight is 716 g/mol. The highest BCUT2D eigenvalue weighted by molar-refractivity contribution is 6.84. The molecule has 0 aliphatic carbocycles. The predicted octanol–water partition coefficient (Wildman–Crippen LogP) is 6.33. The number of hydrogen-bond acceptors (Lipinski definition) is 11. The van der Waals surface area contributed by atoms with Crippen molar-refractivity contribution in [2.45, 2.75) is 109 Å². The van der Waals surface area contributed by atoms with Crippen LogP contribution >= 0.6 is 0 Å². The van der Waals surface area contributed by atoms with Gasteiger partial charge in [-0.05, 0) is 41.2 Å². The minimum absolute atomic E-state index is 0.000477. The first-order valence-electron chi connectivity index (χ1n) is 17.4. The Hall–Kier alpha value is -2.61. The number of fused-ring (bicyclic) bond motifs is 2. The van der Waals surface area contributed by atoms with Gasteiger partial charge in [0.1, 0.15) is 31.4 Å². The van der Waals surface area contributed by atoms with Crippen LogP contribution < -0.4 is 5.32 Å². The molecule has 4 atom stereocenters. The standard InChI is InChI=1S/C34H53N5O8Si2/c1-10-41-16-17-42-21-43-30-29-27(18-44-48(22(2)3,23(4)5)47-49(46-29,24(6)7)25(8)9)45-34(30)39-20-37-28-31(35-19-36-32(28)39)38-33(40)26-14-12-11-13-15-26/h11-15,19-20,22-25,27,29-30,34H,10,16-18,21H2,1-9H3,(H,35,36,38,40)/t27-,29-,30-,34-/m1/s1. The minimum Gasteiger partial charge on any atom is -0.414 e. The van der Waals surface area contributed by atoms with Crippen molar-refractivity contribution in [2.24, 2.45) is 0 Å². The van der Waals surface area contributed by atoms with E-state index < -0.39 is 41.7 Å². The summed E-state index contributed by atoms with van der Waals surface area (Å²) in [7, 11) is -5.78. The number of nitrogens with one attached hydrogen (secondary N) is 1. The number of carbonyl (C=O) groups is 1. The summed E-state index contributed by atoms with van der Waals surface area (Å²) in [5.74, 6) is -0.00427. The molecule has 0 unspecified atom stereocenters. The Labute approximate surface area is 291 Å². The van der Waals surface area contributed by atoms with E-state index in [0.717, 1.165) is 0 Å². The van der Waals surface area contributed by atoms with Crippen molar-refractivity contribution < 1.29 is 36.7 Å². The number of ether oxygens (including phenoxy) is 4. The highest BCUT2D eigenvalue weighted by atomic mass is 28.5. The smallest absolute Gasteiger partial charge is 0.335 e. The van der Waals surface area contributed by atoms with Gasteiger partial charge >= 0.3 is 17.1 Å². The zero-order chi connectivity index (χ0) is 35.3. The molecule has 3 aromatic rings. The summed E-state index contributed by atoms with van der Waals surface area (Å²) >= 11 is 0. The largest absolute Gasteiger partial charge is 0.414 e. The summed E-state index contributed by atoms with van der Waals surface area (Å²) in [6, 6.07) is 8.95. The Kier molecular flexibility index (Phi) is 12.4. The fraction of sp³-hybridized carbons (Fsp3) is 0.647. The van der Waals surface area contributed by atoms with E-state index in [9.17, 15) is 4.79 Å². The summed E-state index contributed by atoms with van der Waals surface area (Å²) in [4.78, 5) is 26.6. The first-order valence-corrected chi connectivity index (χ1v) is 21.4. The lowest BCUT2D eigenvalue weighted by molar-refractivity contribution is -0.142. The van der Waals surface area contributed by atoms with Crippen LogP contribution in [-0.2, 0) is 31.9 Å². The molecule has 270 valence electrons. The number of hydrogen-bond donors (Lipinski definition) is 1. The van der Waals surface area contributed by atoms with E-state index in [-0.39, 0.29) is 41.5 Å². The third-order valence-corrected chi connectivity index (χ3v) is 19.7. The predicted molar refractivity (Wildman–Crippen MR) is 190 cm³/mol. The molecule has 2 aromatic heterocycles. The topological polar surface area (TPSA) is 137 Å². The van der Waals surface area contributed by atoms with Crippen molar-refractivity contribution in [2.75, 3.05) is 38.5 Å². The van der Waals surface area contributed by atoms with E-state index >= 15 is 0 Å². The molecule has 0 radical (unpaired) electrons. The molecule has 4 heterocycles. The first-order chi connectivity index (χ1) is 23.4. The number of aromatic nitrogens is 4. The van der Waals surface area contributed by atoms with Crippen molar-refractivity contribution in [3.63, 3.8) is 0 Å². The molecule has 5 rings (SSSR count). The third kappa shape index (κ3) is 7.70. The van der Waals surface area contributed by atoms with Gasteiger partial charge in [0.15, 0.2) is 23.2 Å². The van der Waals surface area contributed by atoms with Crippen molar-refractivity contribution in [1.29, 1.82) is 0 Å². The normalized spacial score (nSPS) is 23.7. The second-order valence-electron chi connectivity index (χ2n) is 13.8. The molecule has 1 aromatic carbocycles. The number of amides is 1. The number of carbonyl (C=O) groups excluding carboxylic acids is 1. The summed E-state index contributed by atoms with van der Waals surface area (Å²) in [6.45, 7) is 21.2. The summed E-state index contributed by atoms with van der Waals surface area (Å²) in [5.41, 5.74) is 2.04. The number of imidazole rings is 1. The molecule has 1 amide bonds. The van der Waals surface area contributed by atoms with Crippen LogP contribution in [0.15, 0.2) is 43.0 Å². The summed E-state index contributed by atoms with van der Waals surface area (Å²) in [6.07, 6.45) is 0.718. The Morgan fingerprint density at radius 2 is 1.61 bits per heavy atom. The molecule has 0 bridgehead atoms. The molecular weight excluding hydrogens is 663 g/mol. The monoisotopic (exact) mass is 715 g/mol. The zero-order valence-corrected chi connectivity index (χ0v) is 32.3. The SMILES string of the molecule is CCOCCOCO[C@@H]1[C@@H]2O[Si](C(C)C)(C(C)C)O[Si](C(C)C)(C(C)C)OC[C@H]2O[C@H]1n1cnc2c(NC(=O)c3ccccc3)ncnc21. The van der Waals surface area contributed by atoms with Crippen LogP contribution in [0.5, 0.6) is 0 Å². The van der Waals surface area contributed by atoms with E-state index in [1.807, 2.05) is 29.7 Å². The number of nitrogens with zero attached hydrogens (tertiary/aromatic N) is 4. The molecule has 49 heavy (non-hydrogen) atoms. The molecule has 15 heteroatoms. The fourth-order valence-electron chi connectivity index (χ4n) is 6.87. The molecule has 2 saturated heterocycles. The van der Waals surface area contributed by atoms with Gasteiger partial charge in [-0.15, -0.1) is 0 Å². The van der Waals surface area contributed by atoms with Gasteiger partial charge in [-0.2, -0.15) is 0 Å². The van der Waals surface area contributed by atoms with Crippen molar-refractivity contribution in [3.05, 3.63) is 48.5 Å². The molecular formula is C34H53N5O8Si2. The molecule has 0 spiro atoms. The fourth-order valence-corrected chi connectivity index (χ4v) is 18.1. The average Bonchev–Trinajstić information content (AvgIpc) is 3.64. The molecule has 2 aliphatic heterocycles. The van der Waals surface area contributed by atoms with Gasteiger partial charge in [0.25, 0.3) is 5.91 Å². The van der Waals surface area contributed by atoms with Gasteiger partial charge in [0.05, 0.1) is 26.1 Å². The number of anilines is 1. The Morgan fingerprint density at radius 1 is 0.939 bits per heavy atom. The first kappa shape index (κ1) is 37.6. The number of rotatable bonds is 14. The highest BCUT2D eigenvalue weighted by Gasteiger charge is 2.62. The lowest BCUT2D eigenvalue weighted by Gasteiger charge is -2.51. The van der Waals surface area contributed by atoms with Crippen LogP contribution in [0.4, 0.5) is 5.82 Å². The van der Waals surface area contributed by atoms with Gasteiger partial charge in [0.2, 0.25) is 0 Å². The van der Waals surface area contributed by atoms with Crippen molar-refractivity contribution in [3.8, 4) is 0 Å². The molecule has 2 aliphatic rings. The number of benzene rings is 1. The van der Waals surface area contributed by atoms with Crippen LogP contribution in [0, 0.1) is 0 Å². The Morgan fingerprint density at radius 3 is 2.27 bits per heavy atom. The third-order valence-electron chi connectivity index (χ3n) is 9.44. The van der Waals surface area contributed by atoms with Crippen LogP contribution in [-0.4, -0.2) is 94.1 Å². The minimum atomic E-state index is -2.98. The Bertz CT molecular complexity index is 1510. The van der Waals surface area contributed by atoms with E-state index in [1.165, 1.54) is 6.33 Å². The van der Waals surface area contributed by atoms with Crippen molar-refractivity contribution in [1.82, 2.24) is 19.5 Å². The lowest BCUT2D eigenvalue weighted by atomic mass is 10.1. The van der Waals surface area contributed by atoms with Gasteiger partial charge in [0, 0.05) is 12.2 Å². The zero-order valence-electron chi connectivity index (χ0n) is 30.3. The van der Waals surface area contributed by atoms with Gasteiger partial charge < -0.3 is 37.2 Å².